The molecule has 0 fully saturated rings. The standard InChI is InChI=1S/C9H6F2O2/c10-8-4-1-2-6(12)5(4)3-7(13)9(8)11/h3,13H,1-2H2. The average molecular weight is 184 g/mol. The van der Waals surface area contributed by atoms with Gasteiger partial charge in [0.1, 0.15) is 0 Å². The number of aromatic hydroxyl groups is 1. The molecular formula is C9H6F2O2. The molecule has 0 atom stereocenters. The van der Waals surface area contributed by atoms with E-state index in [4.69, 9.17) is 5.11 Å². The summed E-state index contributed by atoms with van der Waals surface area (Å²) in [6, 6.07) is 0.989. The fourth-order valence-corrected chi connectivity index (χ4v) is 1.52. The molecule has 13 heavy (non-hydrogen) atoms. The van der Waals surface area contributed by atoms with Gasteiger partial charge >= 0.3 is 0 Å². The maximum Gasteiger partial charge on any atom is 0.200 e. The van der Waals surface area contributed by atoms with E-state index in [1.54, 1.807) is 0 Å². The third kappa shape index (κ3) is 1.02. The summed E-state index contributed by atoms with van der Waals surface area (Å²) in [5, 5.41) is 8.91. The first-order chi connectivity index (χ1) is 6.11. The Morgan fingerprint density at radius 1 is 1.23 bits per heavy atom. The molecule has 0 amide bonds. The first-order valence-electron chi connectivity index (χ1n) is 3.84. The van der Waals surface area contributed by atoms with Crippen LogP contribution in [-0.2, 0) is 6.42 Å². The smallest absolute Gasteiger partial charge is 0.200 e. The SMILES string of the molecule is O=C1CCc2c1cc(O)c(F)c2F. The minimum absolute atomic E-state index is 0.0836. The molecule has 0 radical (unpaired) electrons. The van der Waals surface area contributed by atoms with E-state index in [-0.39, 0.29) is 29.8 Å². The maximum atomic E-state index is 13.0. The number of carbonyl (C=O) groups is 1. The van der Waals surface area contributed by atoms with Gasteiger partial charge in [-0.15, -0.1) is 0 Å². The summed E-state index contributed by atoms with van der Waals surface area (Å²) < 4.78 is 25.8. The molecule has 0 bridgehead atoms. The largest absolute Gasteiger partial charge is 0.505 e. The van der Waals surface area contributed by atoms with Crippen molar-refractivity contribution in [3.05, 3.63) is 28.8 Å². The first-order valence-corrected chi connectivity index (χ1v) is 3.84. The number of hydrogen-bond acceptors (Lipinski definition) is 2. The van der Waals surface area contributed by atoms with Crippen LogP contribution in [0.3, 0.4) is 0 Å². The van der Waals surface area contributed by atoms with Crippen molar-refractivity contribution in [2.24, 2.45) is 0 Å². The Hall–Kier alpha value is -1.45. The van der Waals surface area contributed by atoms with Crippen molar-refractivity contribution < 1.29 is 18.7 Å². The van der Waals surface area contributed by atoms with E-state index in [0.29, 0.717) is 0 Å². The van der Waals surface area contributed by atoms with Crippen molar-refractivity contribution in [2.45, 2.75) is 12.8 Å². The molecule has 1 aromatic rings. The number of fused-ring (bicyclic) bond motifs is 1. The molecule has 1 N–H and O–H groups in total. The van der Waals surface area contributed by atoms with Crippen molar-refractivity contribution in [1.29, 1.82) is 0 Å². The lowest BCUT2D eigenvalue weighted by Crippen LogP contribution is -1.96. The Balaban J connectivity index is 2.74. The highest BCUT2D eigenvalue weighted by Crippen LogP contribution is 2.31. The van der Waals surface area contributed by atoms with Crippen LogP contribution in [0.4, 0.5) is 8.78 Å². The summed E-state index contributed by atoms with van der Waals surface area (Å²) in [6.45, 7) is 0. The molecule has 0 aliphatic heterocycles. The molecule has 0 unspecified atom stereocenters. The summed E-state index contributed by atoms with van der Waals surface area (Å²) in [5.41, 5.74) is 0.191. The lowest BCUT2D eigenvalue weighted by atomic mass is 10.1. The zero-order valence-electron chi connectivity index (χ0n) is 6.60. The minimum Gasteiger partial charge on any atom is -0.505 e. The van der Waals surface area contributed by atoms with Crippen molar-refractivity contribution >= 4 is 5.78 Å². The van der Waals surface area contributed by atoms with Gasteiger partial charge in [-0.1, -0.05) is 0 Å². The minimum atomic E-state index is -1.27. The predicted octanol–water partition coefficient (Wildman–Crippen LogP) is 1.80. The fraction of sp³-hybridized carbons (Fsp3) is 0.222. The maximum absolute atomic E-state index is 13.0. The number of hydrogen-bond donors (Lipinski definition) is 1. The highest BCUT2D eigenvalue weighted by atomic mass is 19.2. The van der Waals surface area contributed by atoms with Crippen molar-refractivity contribution in [3.8, 4) is 5.75 Å². The van der Waals surface area contributed by atoms with Gasteiger partial charge in [-0.2, -0.15) is 4.39 Å². The number of ketones is 1. The van der Waals surface area contributed by atoms with Gasteiger partial charge < -0.3 is 5.11 Å². The second-order valence-corrected chi connectivity index (χ2v) is 2.97. The van der Waals surface area contributed by atoms with Crippen LogP contribution in [0.1, 0.15) is 22.3 Å². The highest BCUT2D eigenvalue weighted by molar-refractivity contribution is 6.00. The predicted molar refractivity (Wildman–Crippen MR) is 40.7 cm³/mol. The summed E-state index contributed by atoms with van der Waals surface area (Å²) in [7, 11) is 0. The third-order valence-electron chi connectivity index (χ3n) is 2.19. The zero-order chi connectivity index (χ0) is 9.59. The number of rotatable bonds is 0. The molecule has 2 rings (SSSR count). The second-order valence-electron chi connectivity index (χ2n) is 2.97. The second kappa shape index (κ2) is 2.52. The van der Waals surface area contributed by atoms with Gasteiger partial charge in [-0.3, -0.25) is 4.79 Å². The van der Waals surface area contributed by atoms with E-state index in [1.165, 1.54) is 0 Å². The van der Waals surface area contributed by atoms with Crippen LogP contribution in [0.5, 0.6) is 5.75 Å². The zero-order valence-corrected chi connectivity index (χ0v) is 6.60. The number of phenols is 1. The lowest BCUT2D eigenvalue weighted by molar-refractivity contribution is 0.0994. The van der Waals surface area contributed by atoms with Crippen LogP contribution in [-0.4, -0.2) is 10.9 Å². The number of halogens is 2. The van der Waals surface area contributed by atoms with E-state index < -0.39 is 17.4 Å². The van der Waals surface area contributed by atoms with Gasteiger partial charge in [0.05, 0.1) is 0 Å². The molecule has 1 aliphatic rings. The van der Waals surface area contributed by atoms with E-state index in [9.17, 15) is 13.6 Å². The van der Waals surface area contributed by atoms with Crippen LogP contribution in [0.25, 0.3) is 0 Å². The van der Waals surface area contributed by atoms with E-state index >= 15 is 0 Å². The van der Waals surface area contributed by atoms with Crippen LogP contribution in [0, 0.1) is 11.6 Å². The molecule has 4 heteroatoms. The van der Waals surface area contributed by atoms with Gasteiger partial charge in [0.2, 0.25) is 5.82 Å². The van der Waals surface area contributed by atoms with Gasteiger partial charge in [0.15, 0.2) is 17.3 Å². The summed E-state index contributed by atoms with van der Waals surface area (Å²) >= 11 is 0. The third-order valence-corrected chi connectivity index (χ3v) is 2.19. The van der Waals surface area contributed by atoms with Gasteiger partial charge in [-0.05, 0) is 12.5 Å². The Morgan fingerprint density at radius 2 is 1.92 bits per heavy atom. The quantitative estimate of drug-likeness (QED) is 0.667. The summed E-state index contributed by atoms with van der Waals surface area (Å²) in [6.07, 6.45) is 0.409. The monoisotopic (exact) mass is 184 g/mol. The Bertz CT molecular complexity index is 399. The molecule has 2 nitrogen and oxygen atoms in total. The van der Waals surface area contributed by atoms with Gasteiger partial charge in [-0.25, -0.2) is 4.39 Å². The van der Waals surface area contributed by atoms with E-state index in [2.05, 4.69) is 0 Å². The van der Waals surface area contributed by atoms with Crippen molar-refractivity contribution in [3.63, 3.8) is 0 Å². The Labute approximate surface area is 72.8 Å². The molecular weight excluding hydrogens is 178 g/mol. The first kappa shape index (κ1) is 8.16. The summed E-state index contributed by atoms with van der Waals surface area (Å²) in [4.78, 5) is 11.1. The van der Waals surface area contributed by atoms with Gasteiger partial charge in [0.25, 0.3) is 0 Å². The van der Waals surface area contributed by atoms with E-state index in [0.717, 1.165) is 6.07 Å². The van der Waals surface area contributed by atoms with Crippen molar-refractivity contribution in [1.82, 2.24) is 0 Å². The van der Waals surface area contributed by atoms with Gasteiger partial charge in [0, 0.05) is 17.5 Å². The molecule has 68 valence electrons. The Kier molecular flexibility index (Phi) is 1.58. The van der Waals surface area contributed by atoms with Crippen LogP contribution in [0.2, 0.25) is 0 Å². The number of phenolic OH excluding ortho intramolecular Hbond substituents is 1. The number of carbonyl (C=O) groups excluding carboxylic acids is 1. The van der Waals surface area contributed by atoms with Crippen LogP contribution < -0.4 is 0 Å². The molecule has 0 saturated heterocycles. The topological polar surface area (TPSA) is 37.3 Å². The molecule has 1 aromatic carbocycles. The van der Waals surface area contributed by atoms with Crippen LogP contribution >= 0.6 is 0 Å². The van der Waals surface area contributed by atoms with Crippen molar-refractivity contribution in [2.75, 3.05) is 0 Å². The lowest BCUT2D eigenvalue weighted by Gasteiger charge is -2.02. The number of Topliss-reactive ketones (excluding diaryl/α,β-unsaturated/α-hetero) is 1. The fourth-order valence-electron chi connectivity index (χ4n) is 1.52. The molecule has 0 aromatic heterocycles. The molecule has 1 aliphatic carbocycles. The van der Waals surface area contributed by atoms with Crippen LogP contribution in [0.15, 0.2) is 6.07 Å². The molecule has 0 spiro atoms. The molecule has 0 saturated carbocycles. The highest BCUT2D eigenvalue weighted by Gasteiger charge is 2.26. The summed E-state index contributed by atoms with van der Waals surface area (Å²) in [5.74, 6) is -3.41. The van der Waals surface area contributed by atoms with E-state index in [1.807, 2.05) is 0 Å². The molecule has 0 heterocycles. The Morgan fingerprint density at radius 3 is 2.62 bits per heavy atom. The normalized spacial score (nSPS) is 14.8. The average Bonchev–Trinajstić information content (AvgIpc) is 2.45. The number of benzene rings is 1.